The lowest BCUT2D eigenvalue weighted by Crippen LogP contribution is -2.01. The monoisotopic (exact) mass is 536 g/mol. The van der Waals surface area contributed by atoms with Crippen molar-refractivity contribution in [3.63, 3.8) is 0 Å². The van der Waals surface area contributed by atoms with Crippen molar-refractivity contribution in [3.05, 3.63) is 47.0 Å². The van der Waals surface area contributed by atoms with E-state index in [-0.39, 0.29) is 15.8 Å². The van der Waals surface area contributed by atoms with E-state index in [4.69, 9.17) is 11.6 Å². The topological polar surface area (TPSA) is 208 Å². The number of aromatic hydroxyl groups is 1. The second-order valence-electron chi connectivity index (χ2n) is 6.65. The fourth-order valence-corrected chi connectivity index (χ4v) is 4.82. The van der Waals surface area contributed by atoms with Crippen molar-refractivity contribution in [2.75, 3.05) is 0 Å². The number of halogens is 1. The Hall–Kier alpha value is -2.66. The summed E-state index contributed by atoms with van der Waals surface area (Å²) in [6.07, 6.45) is 0. The summed E-state index contributed by atoms with van der Waals surface area (Å²) in [5, 5.41) is 17.5. The van der Waals surface area contributed by atoms with Gasteiger partial charge in [-0.15, -0.1) is 10.2 Å². The number of hydrogen-bond acceptors (Lipinski definition) is 9. The van der Waals surface area contributed by atoms with E-state index in [2.05, 4.69) is 10.2 Å². The highest BCUT2D eigenvalue weighted by atomic mass is 35.5. The van der Waals surface area contributed by atoms with Crippen molar-refractivity contribution in [1.29, 1.82) is 0 Å². The molecule has 0 amide bonds. The summed E-state index contributed by atoms with van der Waals surface area (Å²) in [5.41, 5.74) is -0.661. The molecule has 0 unspecified atom stereocenters. The molecule has 0 aromatic heterocycles. The Morgan fingerprint density at radius 3 is 1.94 bits per heavy atom. The first-order chi connectivity index (χ1) is 15.0. The van der Waals surface area contributed by atoms with E-state index in [1.165, 1.54) is 6.92 Å². The van der Waals surface area contributed by atoms with Crippen molar-refractivity contribution in [2.24, 2.45) is 10.2 Å². The molecule has 4 N–H and O–H groups in total. The normalized spacial score (nSPS) is 13.1. The highest BCUT2D eigenvalue weighted by Crippen LogP contribution is 2.42. The fraction of sp³-hybridized carbons (Fsp3) is 0.0588. The zero-order chi connectivity index (χ0) is 24.9. The number of azo groups is 1. The first-order valence-corrected chi connectivity index (χ1v) is 13.1. The molecule has 0 aliphatic heterocycles. The minimum absolute atomic E-state index is 0.0130. The average Bonchev–Trinajstić information content (AvgIpc) is 2.66. The third-order valence-electron chi connectivity index (χ3n) is 4.37. The van der Waals surface area contributed by atoms with Gasteiger partial charge in [0.05, 0.1) is 4.90 Å². The predicted octanol–water partition coefficient (Wildman–Crippen LogP) is 3.66. The van der Waals surface area contributed by atoms with Gasteiger partial charge in [-0.3, -0.25) is 13.7 Å². The fourth-order valence-electron chi connectivity index (χ4n) is 2.82. The zero-order valence-corrected chi connectivity index (χ0v) is 19.4. The molecule has 0 aliphatic rings. The molecule has 0 saturated heterocycles. The average molecular weight is 537 g/mol. The number of fused-ring (bicyclic) bond motifs is 1. The van der Waals surface area contributed by atoms with Crippen LogP contribution in [0.5, 0.6) is 5.75 Å². The molecule has 0 radical (unpaired) electrons. The Morgan fingerprint density at radius 1 is 0.788 bits per heavy atom. The van der Waals surface area contributed by atoms with Gasteiger partial charge in [-0.1, -0.05) is 17.7 Å². The smallest absolute Gasteiger partial charge is 0.298 e. The maximum atomic E-state index is 11.7. The Kier molecular flexibility index (Phi) is 6.27. The quantitative estimate of drug-likeness (QED) is 0.274. The minimum Gasteiger partial charge on any atom is -0.504 e. The van der Waals surface area contributed by atoms with Gasteiger partial charge in [-0.05, 0) is 48.2 Å². The molecule has 0 bridgehead atoms. The Balaban J connectivity index is 2.37. The van der Waals surface area contributed by atoms with Gasteiger partial charge in [-0.2, -0.15) is 25.3 Å². The van der Waals surface area contributed by atoms with Crippen molar-refractivity contribution < 1.29 is 44.0 Å². The summed E-state index contributed by atoms with van der Waals surface area (Å²) in [6.45, 7) is 1.50. The number of hydrogen-bond donors (Lipinski definition) is 4. The predicted molar refractivity (Wildman–Crippen MR) is 115 cm³/mol. The Labute approximate surface area is 192 Å². The third-order valence-corrected chi connectivity index (χ3v) is 7.38. The highest BCUT2D eigenvalue weighted by molar-refractivity contribution is 7.86. The minimum atomic E-state index is -5.04. The standard InChI is InChI=1S/C17H13ClN2O10S3/c1-8-4-13(14(7-12(8)18)32(25,26)27)19-20-16-11-3-2-10(31(22,23)24)5-9(11)6-15(17(16)21)33(28,29)30/h2-7,21H,1H3,(H,22,23,24)(H,25,26,27)(H,28,29,30). The maximum Gasteiger partial charge on any atom is 0.298 e. The van der Waals surface area contributed by atoms with Crippen molar-refractivity contribution in [1.82, 2.24) is 0 Å². The molecule has 16 heteroatoms. The van der Waals surface area contributed by atoms with Gasteiger partial charge in [0, 0.05) is 10.4 Å². The van der Waals surface area contributed by atoms with Crippen LogP contribution in [0.4, 0.5) is 11.4 Å². The van der Waals surface area contributed by atoms with Crippen LogP contribution in [-0.2, 0) is 30.4 Å². The van der Waals surface area contributed by atoms with E-state index in [0.29, 0.717) is 5.56 Å². The van der Waals surface area contributed by atoms with Gasteiger partial charge in [0.25, 0.3) is 30.4 Å². The van der Waals surface area contributed by atoms with Crippen LogP contribution in [-0.4, -0.2) is 44.0 Å². The maximum absolute atomic E-state index is 11.7. The lowest BCUT2D eigenvalue weighted by molar-refractivity contribution is 0.445. The molecule has 176 valence electrons. The molecular weight excluding hydrogens is 524 g/mol. The summed E-state index contributed by atoms with van der Waals surface area (Å²) < 4.78 is 97.7. The van der Waals surface area contributed by atoms with Crippen LogP contribution >= 0.6 is 11.6 Å². The molecule has 0 heterocycles. The molecule has 33 heavy (non-hydrogen) atoms. The van der Waals surface area contributed by atoms with Gasteiger partial charge in [0.15, 0.2) is 5.75 Å². The molecule has 0 saturated carbocycles. The number of phenols is 1. The van der Waals surface area contributed by atoms with Crippen LogP contribution in [0.25, 0.3) is 10.8 Å². The van der Waals surface area contributed by atoms with E-state index in [9.17, 15) is 44.0 Å². The SMILES string of the molecule is Cc1cc(N=Nc2c(O)c(S(=O)(=O)O)cc3cc(S(=O)(=O)O)ccc23)c(S(=O)(=O)O)cc1Cl. The molecular formula is C17H13ClN2O10S3. The van der Waals surface area contributed by atoms with Crippen LogP contribution in [0.1, 0.15) is 5.56 Å². The number of phenolic OH excluding ortho intramolecular Hbond substituents is 1. The summed E-state index contributed by atoms with van der Waals surface area (Å²) in [4.78, 5) is -2.41. The highest BCUT2D eigenvalue weighted by Gasteiger charge is 2.23. The van der Waals surface area contributed by atoms with E-state index in [1.807, 2.05) is 0 Å². The number of nitrogens with zero attached hydrogens (tertiary/aromatic N) is 2. The van der Waals surface area contributed by atoms with Crippen molar-refractivity contribution in [3.8, 4) is 5.75 Å². The Bertz CT molecular complexity index is 1670. The van der Waals surface area contributed by atoms with E-state index in [1.54, 1.807) is 0 Å². The summed E-state index contributed by atoms with van der Waals surface area (Å²) in [7, 11) is -14.5. The van der Waals surface area contributed by atoms with Crippen LogP contribution < -0.4 is 0 Å². The number of benzene rings is 3. The Morgan fingerprint density at radius 2 is 1.39 bits per heavy atom. The number of aryl methyl sites for hydroxylation is 1. The third kappa shape index (κ3) is 5.14. The zero-order valence-electron chi connectivity index (χ0n) is 16.2. The summed E-state index contributed by atoms with van der Waals surface area (Å²) >= 11 is 5.88. The van der Waals surface area contributed by atoms with E-state index < -0.39 is 62.2 Å². The van der Waals surface area contributed by atoms with Gasteiger partial charge in [0.2, 0.25) is 0 Å². The molecule has 12 nitrogen and oxygen atoms in total. The number of rotatable bonds is 5. The van der Waals surface area contributed by atoms with Crippen LogP contribution in [0.15, 0.2) is 61.3 Å². The van der Waals surface area contributed by atoms with Gasteiger partial charge in [0.1, 0.15) is 21.2 Å². The van der Waals surface area contributed by atoms with Gasteiger partial charge < -0.3 is 5.11 Å². The molecule has 0 atom stereocenters. The van der Waals surface area contributed by atoms with Gasteiger partial charge >= 0.3 is 0 Å². The lowest BCUT2D eigenvalue weighted by Gasteiger charge is -2.10. The molecule has 0 fully saturated rings. The van der Waals surface area contributed by atoms with Crippen LogP contribution in [0.3, 0.4) is 0 Å². The largest absolute Gasteiger partial charge is 0.504 e. The van der Waals surface area contributed by atoms with Gasteiger partial charge in [-0.25, -0.2) is 0 Å². The molecule has 0 spiro atoms. The van der Waals surface area contributed by atoms with E-state index >= 15 is 0 Å². The van der Waals surface area contributed by atoms with Crippen LogP contribution in [0.2, 0.25) is 5.02 Å². The molecule has 3 aromatic carbocycles. The second kappa shape index (κ2) is 8.28. The summed E-state index contributed by atoms with van der Waals surface area (Å²) in [6, 6.07) is 5.65. The first kappa shape index (κ1) is 25.0. The molecule has 3 aromatic rings. The molecule has 0 aliphatic carbocycles. The van der Waals surface area contributed by atoms with Crippen molar-refractivity contribution in [2.45, 2.75) is 21.6 Å². The van der Waals surface area contributed by atoms with Crippen LogP contribution in [0, 0.1) is 6.92 Å². The lowest BCUT2D eigenvalue weighted by atomic mass is 10.1. The van der Waals surface area contributed by atoms with E-state index in [0.717, 1.165) is 36.4 Å². The molecule has 3 rings (SSSR count). The summed E-state index contributed by atoms with van der Waals surface area (Å²) in [5.74, 6) is -1.08. The second-order valence-corrected chi connectivity index (χ2v) is 11.3. The van der Waals surface area contributed by atoms with Crippen molar-refractivity contribution >= 4 is 64.1 Å². The first-order valence-electron chi connectivity index (χ1n) is 8.44.